The van der Waals surface area contributed by atoms with Crippen LogP contribution in [0.3, 0.4) is 0 Å². The van der Waals surface area contributed by atoms with Crippen molar-refractivity contribution < 1.29 is 9.53 Å². The smallest absolute Gasteiger partial charge is 0.337 e. The van der Waals surface area contributed by atoms with Crippen LogP contribution in [0.1, 0.15) is 21.5 Å². The molecule has 0 heterocycles. The monoisotopic (exact) mass is 303 g/mol. The lowest BCUT2D eigenvalue weighted by Crippen LogP contribution is -2.17. The van der Waals surface area contributed by atoms with Crippen LogP contribution < -0.4 is 0 Å². The summed E-state index contributed by atoms with van der Waals surface area (Å²) in [5.74, 6) is -0.311. The van der Waals surface area contributed by atoms with Gasteiger partial charge in [0.2, 0.25) is 0 Å². The predicted molar refractivity (Wildman–Crippen MR) is 84.4 cm³/mol. The van der Waals surface area contributed by atoms with Crippen molar-refractivity contribution in [3.05, 3.63) is 70.2 Å². The highest BCUT2D eigenvalue weighted by atomic mass is 35.5. The number of carbonyl (C=O) groups is 1. The van der Waals surface area contributed by atoms with Crippen molar-refractivity contribution in [3.8, 4) is 0 Å². The molecule has 2 rings (SSSR count). The summed E-state index contributed by atoms with van der Waals surface area (Å²) in [4.78, 5) is 13.7. The van der Waals surface area contributed by atoms with Gasteiger partial charge in [0.15, 0.2) is 0 Å². The fourth-order valence-electron chi connectivity index (χ4n) is 2.23. The van der Waals surface area contributed by atoms with Crippen molar-refractivity contribution in [2.75, 3.05) is 14.2 Å². The molecule has 0 unspecified atom stereocenters. The molecule has 0 amide bonds. The molecule has 0 fully saturated rings. The number of rotatable bonds is 5. The van der Waals surface area contributed by atoms with Gasteiger partial charge in [-0.15, -0.1) is 0 Å². The summed E-state index contributed by atoms with van der Waals surface area (Å²) in [5.41, 5.74) is 2.81. The fourth-order valence-corrected chi connectivity index (χ4v) is 2.44. The lowest BCUT2D eigenvalue weighted by molar-refractivity contribution is 0.0600. The Morgan fingerprint density at radius 3 is 2.33 bits per heavy atom. The molecule has 21 heavy (non-hydrogen) atoms. The summed E-state index contributed by atoms with van der Waals surface area (Å²) >= 11 is 5.99. The zero-order valence-electron chi connectivity index (χ0n) is 12.2. The van der Waals surface area contributed by atoms with E-state index in [1.807, 2.05) is 49.5 Å². The number of carbonyl (C=O) groups excluding carboxylic acids is 1. The molecule has 110 valence electrons. The minimum atomic E-state index is -0.311. The maximum atomic E-state index is 11.5. The first-order valence-electron chi connectivity index (χ1n) is 6.68. The van der Waals surface area contributed by atoms with Gasteiger partial charge in [0, 0.05) is 18.1 Å². The Labute approximate surface area is 130 Å². The quantitative estimate of drug-likeness (QED) is 0.788. The molecule has 0 spiro atoms. The average Bonchev–Trinajstić information content (AvgIpc) is 2.46. The first kappa shape index (κ1) is 15.5. The Hall–Kier alpha value is -1.84. The Morgan fingerprint density at radius 2 is 1.71 bits per heavy atom. The first-order valence-corrected chi connectivity index (χ1v) is 7.06. The third kappa shape index (κ3) is 4.59. The SMILES string of the molecule is COC(=O)c1cccc(CN(C)Cc2cccc(Cl)c2)c1. The van der Waals surface area contributed by atoms with Crippen LogP contribution in [0.25, 0.3) is 0 Å². The van der Waals surface area contributed by atoms with E-state index in [1.54, 1.807) is 6.07 Å². The molecule has 0 aliphatic carbocycles. The molecule has 3 nitrogen and oxygen atoms in total. The Morgan fingerprint density at radius 1 is 1.10 bits per heavy atom. The second-order valence-electron chi connectivity index (χ2n) is 4.99. The van der Waals surface area contributed by atoms with Gasteiger partial charge in [-0.25, -0.2) is 4.79 Å². The number of esters is 1. The minimum absolute atomic E-state index is 0.311. The number of hydrogen-bond donors (Lipinski definition) is 0. The van der Waals surface area contributed by atoms with Crippen molar-refractivity contribution in [3.63, 3.8) is 0 Å². The summed E-state index contributed by atoms with van der Waals surface area (Å²) in [5, 5.41) is 0.744. The molecule has 0 aliphatic heterocycles. The third-order valence-corrected chi connectivity index (χ3v) is 3.38. The fraction of sp³-hybridized carbons (Fsp3) is 0.235. The first-order chi connectivity index (χ1) is 10.1. The number of halogens is 1. The summed E-state index contributed by atoms with van der Waals surface area (Å²) < 4.78 is 4.74. The molecule has 0 radical (unpaired) electrons. The number of nitrogens with zero attached hydrogens (tertiary/aromatic N) is 1. The van der Waals surface area contributed by atoms with Gasteiger partial charge in [0.25, 0.3) is 0 Å². The second kappa shape index (κ2) is 7.25. The van der Waals surface area contributed by atoms with Gasteiger partial charge in [-0.1, -0.05) is 35.9 Å². The van der Waals surface area contributed by atoms with E-state index >= 15 is 0 Å². The standard InChI is InChI=1S/C17H18ClNO2/c1-19(12-14-6-4-8-16(18)10-14)11-13-5-3-7-15(9-13)17(20)21-2/h3-10H,11-12H2,1-2H3. The van der Waals surface area contributed by atoms with Gasteiger partial charge in [-0.05, 0) is 42.4 Å². The van der Waals surface area contributed by atoms with Gasteiger partial charge in [-0.2, -0.15) is 0 Å². The summed E-state index contributed by atoms with van der Waals surface area (Å²) in [6, 6.07) is 15.3. The topological polar surface area (TPSA) is 29.5 Å². The van der Waals surface area contributed by atoms with Gasteiger partial charge in [0.05, 0.1) is 12.7 Å². The van der Waals surface area contributed by atoms with Crippen molar-refractivity contribution in [2.24, 2.45) is 0 Å². The van der Waals surface area contributed by atoms with Gasteiger partial charge >= 0.3 is 5.97 Å². The van der Waals surface area contributed by atoms with Crippen LogP contribution in [-0.4, -0.2) is 25.0 Å². The number of methoxy groups -OCH3 is 1. The Balaban J connectivity index is 2.02. The van der Waals surface area contributed by atoms with E-state index in [9.17, 15) is 4.79 Å². The van der Waals surface area contributed by atoms with Gasteiger partial charge < -0.3 is 4.74 Å². The molecule has 0 aromatic heterocycles. The van der Waals surface area contributed by atoms with E-state index in [2.05, 4.69) is 4.90 Å². The molecular formula is C17H18ClNO2. The number of ether oxygens (including phenoxy) is 1. The molecule has 2 aromatic rings. The predicted octanol–water partition coefficient (Wildman–Crippen LogP) is 3.76. The molecule has 0 atom stereocenters. The molecule has 2 aromatic carbocycles. The largest absolute Gasteiger partial charge is 0.465 e. The highest BCUT2D eigenvalue weighted by Crippen LogP contribution is 2.14. The zero-order chi connectivity index (χ0) is 15.2. The molecule has 0 bridgehead atoms. The molecule has 0 aliphatic rings. The van der Waals surface area contributed by atoms with E-state index in [-0.39, 0.29) is 5.97 Å². The lowest BCUT2D eigenvalue weighted by atomic mass is 10.1. The van der Waals surface area contributed by atoms with Crippen LogP contribution in [0.4, 0.5) is 0 Å². The van der Waals surface area contributed by atoms with Gasteiger partial charge in [0.1, 0.15) is 0 Å². The summed E-state index contributed by atoms with van der Waals surface area (Å²) in [7, 11) is 3.42. The third-order valence-electron chi connectivity index (χ3n) is 3.14. The van der Waals surface area contributed by atoms with Crippen molar-refractivity contribution >= 4 is 17.6 Å². The lowest BCUT2D eigenvalue weighted by Gasteiger charge is -2.17. The van der Waals surface area contributed by atoms with E-state index in [0.29, 0.717) is 5.56 Å². The maximum Gasteiger partial charge on any atom is 0.337 e. The summed E-state index contributed by atoms with van der Waals surface area (Å²) in [6.07, 6.45) is 0. The summed E-state index contributed by atoms with van der Waals surface area (Å²) in [6.45, 7) is 1.54. The normalized spacial score (nSPS) is 10.7. The van der Waals surface area contributed by atoms with E-state index in [0.717, 1.165) is 29.2 Å². The van der Waals surface area contributed by atoms with Crippen LogP contribution in [0.5, 0.6) is 0 Å². The van der Waals surface area contributed by atoms with Crippen LogP contribution in [-0.2, 0) is 17.8 Å². The van der Waals surface area contributed by atoms with Crippen molar-refractivity contribution in [1.29, 1.82) is 0 Å². The molecule has 4 heteroatoms. The van der Waals surface area contributed by atoms with Gasteiger partial charge in [-0.3, -0.25) is 4.90 Å². The number of hydrogen-bond acceptors (Lipinski definition) is 3. The highest BCUT2D eigenvalue weighted by Gasteiger charge is 2.07. The Kier molecular flexibility index (Phi) is 5.37. The van der Waals surface area contributed by atoms with Crippen LogP contribution in [0.2, 0.25) is 5.02 Å². The van der Waals surface area contributed by atoms with E-state index in [4.69, 9.17) is 16.3 Å². The van der Waals surface area contributed by atoms with Crippen molar-refractivity contribution in [2.45, 2.75) is 13.1 Å². The molecule has 0 saturated heterocycles. The van der Waals surface area contributed by atoms with Crippen LogP contribution >= 0.6 is 11.6 Å². The van der Waals surface area contributed by atoms with Crippen LogP contribution in [0, 0.1) is 0 Å². The second-order valence-corrected chi connectivity index (χ2v) is 5.43. The highest BCUT2D eigenvalue weighted by molar-refractivity contribution is 6.30. The molecule has 0 N–H and O–H groups in total. The zero-order valence-corrected chi connectivity index (χ0v) is 12.9. The van der Waals surface area contributed by atoms with E-state index < -0.39 is 0 Å². The molecule has 0 saturated carbocycles. The number of benzene rings is 2. The molecular weight excluding hydrogens is 286 g/mol. The average molecular weight is 304 g/mol. The van der Waals surface area contributed by atoms with Crippen LogP contribution in [0.15, 0.2) is 48.5 Å². The van der Waals surface area contributed by atoms with E-state index in [1.165, 1.54) is 7.11 Å². The minimum Gasteiger partial charge on any atom is -0.465 e. The maximum absolute atomic E-state index is 11.5. The Bertz CT molecular complexity index is 628. The van der Waals surface area contributed by atoms with Crippen molar-refractivity contribution in [1.82, 2.24) is 4.90 Å².